The van der Waals surface area contributed by atoms with Gasteiger partial charge in [0.05, 0.1) is 0 Å². The molecule has 39 heavy (non-hydrogen) atoms. The van der Waals surface area contributed by atoms with Crippen molar-refractivity contribution >= 4 is 12.0 Å². The van der Waals surface area contributed by atoms with Crippen molar-refractivity contribution in [1.82, 2.24) is 14.4 Å². The number of rotatable bonds is 6. The summed E-state index contributed by atoms with van der Waals surface area (Å²) in [6.07, 6.45) is 11.5. The molecule has 3 aromatic rings. The van der Waals surface area contributed by atoms with Crippen LogP contribution in [0.15, 0.2) is 78.5 Å². The lowest BCUT2D eigenvalue weighted by atomic mass is 9.67. The van der Waals surface area contributed by atoms with Crippen molar-refractivity contribution in [2.45, 2.75) is 63.8 Å². The maximum Gasteiger partial charge on any atom is 0.250 e. The number of nitrogens with zero attached hydrogens (tertiary/aromatic N) is 3. The molecule has 4 aliphatic heterocycles. The standard InChI is InChI=1S/C34H39N3O2/c38-34-27(14-17-32-31-11-6-19-35-18-4-9-28(33(31)35)23-37(32)34)21-29-10-5-20-36(29)22-25-12-15-30(16-13-25)39-24-26-7-2-1-3-8-26/h1-3,5,7-8,10,12-13,15-16,20-21,28,31-33H,4,6,9,11,14,17-19,22-24H2/b27-21+/t28-,31+,32+,33-/m0/s1. The number of amides is 1. The van der Waals surface area contributed by atoms with Gasteiger partial charge in [-0.3, -0.25) is 9.69 Å². The minimum absolute atomic E-state index is 0.292. The van der Waals surface area contributed by atoms with E-state index in [0.717, 1.165) is 49.0 Å². The Morgan fingerprint density at radius 1 is 0.872 bits per heavy atom. The summed E-state index contributed by atoms with van der Waals surface area (Å²) in [4.78, 5) is 18.9. The zero-order valence-electron chi connectivity index (χ0n) is 22.8. The molecule has 0 unspecified atom stereocenters. The summed E-state index contributed by atoms with van der Waals surface area (Å²) in [5.74, 6) is 2.50. The van der Waals surface area contributed by atoms with Gasteiger partial charge in [-0.25, -0.2) is 0 Å². The van der Waals surface area contributed by atoms with Gasteiger partial charge in [0.15, 0.2) is 0 Å². The Bertz CT molecular complexity index is 1330. The van der Waals surface area contributed by atoms with Gasteiger partial charge in [0.1, 0.15) is 12.4 Å². The lowest BCUT2D eigenvalue weighted by Gasteiger charge is -2.58. The molecule has 1 aromatic heterocycles. The van der Waals surface area contributed by atoms with Crippen LogP contribution in [0.25, 0.3) is 6.08 Å². The molecule has 0 radical (unpaired) electrons. The molecule has 0 aliphatic carbocycles. The van der Waals surface area contributed by atoms with E-state index < -0.39 is 0 Å². The fourth-order valence-corrected chi connectivity index (χ4v) is 7.84. The molecule has 1 amide bonds. The number of carbonyl (C=O) groups is 1. The molecule has 0 saturated carbocycles. The van der Waals surface area contributed by atoms with Crippen LogP contribution in [0, 0.1) is 11.8 Å². The third-order valence-corrected chi connectivity index (χ3v) is 9.63. The molecule has 2 aromatic carbocycles. The number of carbonyl (C=O) groups excluding carboxylic acids is 1. The van der Waals surface area contributed by atoms with Crippen LogP contribution in [0.1, 0.15) is 55.3 Å². The Morgan fingerprint density at radius 2 is 1.69 bits per heavy atom. The first-order valence-electron chi connectivity index (χ1n) is 14.9. The zero-order chi connectivity index (χ0) is 26.2. The summed E-state index contributed by atoms with van der Waals surface area (Å²) in [7, 11) is 0. The van der Waals surface area contributed by atoms with Crippen LogP contribution in [-0.2, 0) is 17.9 Å². The molecule has 7 rings (SSSR count). The van der Waals surface area contributed by atoms with Crippen molar-refractivity contribution in [2.75, 3.05) is 19.6 Å². The predicted molar refractivity (Wildman–Crippen MR) is 154 cm³/mol. The number of hydrogen-bond acceptors (Lipinski definition) is 3. The highest BCUT2D eigenvalue weighted by atomic mass is 16.5. The van der Waals surface area contributed by atoms with Crippen LogP contribution in [-0.4, -0.2) is 52.0 Å². The summed E-state index contributed by atoms with van der Waals surface area (Å²) in [6, 6.07) is 24.0. The van der Waals surface area contributed by atoms with Crippen LogP contribution in [0.5, 0.6) is 5.75 Å². The highest BCUT2D eigenvalue weighted by Crippen LogP contribution is 2.45. The molecule has 0 bridgehead atoms. The maximum atomic E-state index is 13.8. The van der Waals surface area contributed by atoms with Gasteiger partial charge in [0.2, 0.25) is 5.91 Å². The summed E-state index contributed by atoms with van der Waals surface area (Å²) < 4.78 is 8.21. The molecule has 202 valence electrons. The second kappa shape index (κ2) is 10.7. The fourth-order valence-electron chi connectivity index (χ4n) is 7.84. The van der Waals surface area contributed by atoms with Gasteiger partial charge < -0.3 is 14.2 Å². The quantitative estimate of drug-likeness (QED) is 0.374. The van der Waals surface area contributed by atoms with Gasteiger partial charge in [-0.15, -0.1) is 0 Å². The van der Waals surface area contributed by atoms with Crippen molar-refractivity contribution in [2.24, 2.45) is 11.8 Å². The predicted octanol–water partition coefficient (Wildman–Crippen LogP) is 5.99. The third-order valence-electron chi connectivity index (χ3n) is 9.63. The van der Waals surface area contributed by atoms with Gasteiger partial charge in [0.25, 0.3) is 0 Å². The van der Waals surface area contributed by atoms with E-state index >= 15 is 0 Å². The first-order valence-corrected chi connectivity index (χ1v) is 14.9. The highest BCUT2D eigenvalue weighted by Gasteiger charge is 2.51. The average molecular weight is 522 g/mol. The Labute approximate surface area is 232 Å². The van der Waals surface area contributed by atoms with Crippen LogP contribution in [0.2, 0.25) is 0 Å². The van der Waals surface area contributed by atoms with Crippen LogP contribution >= 0.6 is 0 Å². The molecule has 5 heterocycles. The molecule has 4 aliphatic rings. The average Bonchev–Trinajstić information content (AvgIpc) is 3.41. The number of aromatic nitrogens is 1. The molecule has 4 atom stereocenters. The van der Waals surface area contributed by atoms with Gasteiger partial charge in [-0.2, -0.15) is 0 Å². The maximum absolute atomic E-state index is 13.8. The molecule has 5 nitrogen and oxygen atoms in total. The first kappa shape index (κ1) is 24.7. The number of benzene rings is 2. The van der Waals surface area contributed by atoms with Gasteiger partial charge in [-0.1, -0.05) is 42.5 Å². The molecule has 0 spiro atoms. The monoisotopic (exact) mass is 521 g/mol. The minimum Gasteiger partial charge on any atom is -0.489 e. The van der Waals surface area contributed by atoms with E-state index in [-0.39, 0.29) is 0 Å². The largest absolute Gasteiger partial charge is 0.489 e. The second-order valence-corrected chi connectivity index (χ2v) is 11.9. The smallest absolute Gasteiger partial charge is 0.250 e. The topological polar surface area (TPSA) is 37.7 Å². The summed E-state index contributed by atoms with van der Waals surface area (Å²) in [6.45, 7) is 4.83. The summed E-state index contributed by atoms with van der Waals surface area (Å²) in [5, 5.41) is 0. The van der Waals surface area contributed by atoms with Gasteiger partial charge in [0, 0.05) is 42.6 Å². The molecular weight excluding hydrogens is 482 g/mol. The van der Waals surface area contributed by atoms with Crippen LogP contribution in [0.3, 0.4) is 0 Å². The Balaban J connectivity index is 1.03. The third kappa shape index (κ3) is 4.93. The molecule has 5 heteroatoms. The van der Waals surface area contributed by atoms with Crippen LogP contribution in [0.4, 0.5) is 0 Å². The molecule has 4 saturated heterocycles. The lowest BCUT2D eigenvalue weighted by molar-refractivity contribution is -0.145. The van der Waals surface area contributed by atoms with Gasteiger partial charge in [-0.05, 0) is 105 Å². The van der Waals surface area contributed by atoms with Crippen LogP contribution < -0.4 is 4.74 Å². The number of fused-ring (bicyclic) bond motifs is 2. The van der Waals surface area contributed by atoms with Crippen molar-refractivity contribution < 1.29 is 9.53 Å². The Hall–Kier alpha value is -3.31. The molecular formula is C34H39N3O2. The highest BCUT2D eigenvalue weighted by molar-refractivity contribution is 5.98. The minimum atomic E-state index is 0.292. The summed E-state index contributed by atoms with van der Waals surface area (Å²) in [5.41, 5.74) is 4.48. The van der Waals surface area contributed by atoms with E-state index in [1.165, 1.54) is 49.9 Å². The number of hydrogen-bond donors (Lipinski definition) is 0. The van der Waals surface area contributed by atoms with E-state index in [4.69, 9.17) is 4.74 Å². The Kier molecular flexibility index (Phi) is 6.77. The number of piperidine rings is 4. The van der Waals surface area contributed by atoms with E-state index in [0.29, 0.717) is 30.4 Å². The van der Waals surface area contributed by atoms with Crippen molar-refractivity contribution in [3.8, 4) is 5.75 Å². The van der Waals surface area contributed by atoms with Crippen molar-refractivity contribution in [3.05, 3.63) is 95.3 Å². The second-order valence-electron chi connectivity index (χ2n) is 11.9. The van der Waals surface area contributed by atoms with E-state index in [2.05, 4.69) is 63.0 Å². The van der Waals surface area contributed by atoms with E-state index in [1.54, 1.807) is 0 Å². The Morgan fingerprint density at radius 3 is 2.54 bits per heavy atom. The van der Waals surface area contributed by atoms with Crippen molar-refractivity contribution in [1.29, 1.82) is 0 Å². The zero-order valence-corrected chi connectivity index (χ0v) is 22.8. The summed E-state index contributed by atoms with van der Waals surface area (Å²) >= 11 is 0. The van der Waals surface area contributed by atoms with Crippen molar-refractivity contribution in [3.63, 3.8) is 0 Å². The SMILES string of the molecule is O=C1/C(=C/c2cccn2Cc2ccc(OCc3ccccc3)cc2)CC[C@@H]2[C@H]3CCCN4CCC[C@@H](CN12)[C@@H]34. The first-order chi connectivity index (χ1) is 19.2. The van der Waals surface area contributed by atoms with E-state index in [1.807, 2.05) is 30.3 Å². The molecule has 4 fully saturated rings. The number of ether oxygens (including phenoxy) is 1. The lowest BCUT2D eigenvalue weighted by Crippen LogP contribution is -2.66. The van der Waals surface area contributed by atoms with E-state index in [9.17, 15) is 4.79 Å². The molecule has 0 N–H and O–H groups in total. The normalized spacial score (nSPS) is 27.7. The fraction of sp³-hybridized carbons (Fsp3) is 0.441. The van der Waals surface area contributed by atoms with Gasteiger partial charge >= 0.3 is 0 Å².